The van der Waals surface area contributed by atoms with Gasteiger partial charge in [0.05, 0.1) is 17.3 Å². The molecule has 0 saturated heterocycles. The summed E-state index contributed by atoms with van der Waals surface area (Å²) in [5.41, 5.74) is 2.35. The fourth-order valence-electron chi connectivity index (χ4n) is 2.35. The minimum absolute atomic E-state index is 0.121. The summed E-state index contributed by atoms with van der Waals surface area (Å²) < 4.78 is 0.967. The van der Waals surface area contributed by atoms with Crippen LogP contribution in [0.4, 0.5) is 11.4 Å². The molecule has 2 aromatic carbocycles. The minimum atomic E-state index is -0.144. The first kappa shape index (κ1) is 20.4. The summed E-state index contributed by atoms with van der Waals surface area (Å²) in [5, 5.41) is 6.15. The van der Waals surface area contributed by atoms with Gasteiger partial charge >= 0.3 is 0 Å². The Hall–Kier alpha value is -1.89. The highest BCUT2D eigenvalue weighted by Gasteiger charge is 2.11. The molecule has 0 radical (unpaired) electrons. The van der Waals surface area contributed by atoms with Gasteiger partial charge in [0.1, 0.15) is 0 Å². The fraction of sp³-hybridized carbons (Fsp3) is 0.263. The van der Waals surface area contributed by atoms with Crippen molar-refractivity contribution < 1.29 is 9.59 Å². The van der Waals surface area contributed by atoms with Gasteiger partial charge in [0.2, 0.25) is 11.8 Å². The molecule has 0 bridgehead atoms. The Morgan fingerprint density at radius 3 is 2.46 bits per heavy atom. The Labute approximate surface area is 166 Å². The van der Waals surface area contributed by atoms with Crippen molar-refractivity contribution in [2.45, 2.75) is 13.3 Å². The van der Waals surface area contributed by atoms with Gasteiger partial charge in [-0.3, -0.25) is 14.5 Å². The molecule has 0 heterocycles. The maximum absolute atomic E-state index is 12.2. The number of para-hydroxylation sites is 1. The zero-order valence-corrected chi connectivity index (χ0v) is 17.0. The quantitative estimate of drug-likeness (QED) is 0.677. The van der Waals surface area contributed by atoms with E-state index in [0.717, 1.165) is 15.7 Å². The number of nitrogens with one attached hydrogen (secondary N) is 2. The third-order valence-corrected chi connectivity index (χ3v) is 4.57. The second-order valence-corrected chi connectivity index (χ2v) is 7.35. The topological polar surface area (TPSA) is 61.4 Å². The highest BCUT2D eigenvalue weighted by Crippen LogP contribution is 2.21. The molecule has 7 heteroatoms. The Balaban J connectivity index is 1.77. The molecule has 0 aromatic heterocycles. The van der Waals surface area contributed by atoms with Crippen molar-refractivity contribution in [3.63, 3.8) is 0 Å². The third-order valence-electron chi connectivity index (χ3n) is 3.74. The summed E-state index contributed by atoms with van der Waals surface area (Å²) in [5.74, 6) is -0.265. The molecule has 26 heavy (non-hydrogen) atoms. The number of carbonyl (C=O) groups is 2. The molecule has 138 valence electrons. The van der Waals surface area contributed by atoms with Crippen LogP contribution in [0.1, 0.15) is 12.0 Å². The molecule has 0 saturated carbocycles. The lowest BCUT2D eigenvalue weighted by atomic mass is 10.2. The van der Waals surface area contributed by atoms with Crippen molar-refractivity contribution in [3.05, 3.63) is 57.5 Å². The van der Waals surface area contributed by atoms with Crippen molar-refractivity contribution >= 4 is 50.7 Å². The van der Waals surface area contributed by atoms with Gasteiger partial charge in [-0.05, 0) is 49.9 Å². The number of halogens is 2. The highest BCUT2D eigenvalue weighted by atomic mass is 79.9. The van der Waals surface area contributed by atoms with E-state index in [0.29, 0.717) is 17.3 Å². The van der Waals surface area contributed by atoms with E-state index in [-0.39, 0.29) is 24.8 Å². The Morgan fingerprint density at radius 1 is 1.08 bits per heavy atom. The van der Waals surface area contributed by atoms with Crippen LogP contribution in [-0.2, 0) is 9.59 Å². The number of hydrogen-bond acceptors (Lipinski definition) is 3. The molecule has 2 amide bonds. The number of aryl methyl sites for hydroxylation is 1. The number of amides is 2. The van der Waals surface area contributed by atoms with E-state index >= 15 is 0 Å². The Bertz CT molecular complexity index is 798. The SMILES string of the molecule is Cc1cc(Br)ccc1NC(=O)CN(C)CCC(=O)Nc1ccccc1Cl. The van der Waals surface area contributed by atoms with E-state index in [2.05, 4.69) is 26.6 Å². The average Bonchev–Trinajstić information content (AvgIpc) is 2.58. The number of carbonyl (C=O) groups excluding carboxylic acids is 2. The standard InChI is InChI=1S/C19H21BrClN3O2/c1-13-11-14(20)7-8-16(13)22-19(26)12-24(2)10-9-18(25)23-17-6-4-3-5-15(17)21/h3-8,11H,9-10,12H2,1-2H3,(H,22,26)(H,23,25). The molecule has 0 aliphatic heterocycles. The largest absolute Gasteiger partial charge is 0.325 e. The molecule has 0 unspecified atom stereocenters. The van der Waals surface area contributed by atoms with Crippen LogP contribution in [0.3, 0.4) is 0 Å². The zero-order chi connectivity index (χ0) is 19.1. The van der Waals surface area contributed by atoms with Crippen LogP contribution < -0.4 is 10.6 Å². The monoisotopic (exact) mass is 437 g/mol. The number of likely N-dealkylation sites (N-methyl/N-ethyl adjacent to an activating group) is 1. The molecule has 0 spiro atoms. The van der Waals surface area contributed by atoms with Crippen molar-refractivity contribution in [1.29, 1.82) is 0 Å². The fourth-order valence-corrected chi connectivity index (χ4v) is 3.01. The summed E-state index contributed by atoms with van der Waals surface area (Å²) in [6.07, 6.45) is 0.270. The molecule has 2 rings (SSSR count). The average molecular weight is 439 g/mol. The molecule has 0 aliphatic rings. The van der Waals surface area contributed by atoms with Crippen LogP contribution in [0, 0.1) is 6.92 Å². The predicted octanol–water partition coefficient (Wildman–Crippen LogP) is 4.31. The smallest absolute Gasteiger partial charge is 0.238 e. The second-order valence-electron chi connectivity index (χ2n) is 6.02. The lowest BCUT2D eigenvalue weighted by molar-refractivity contribution is -0.119. The van der Waals surface area contributed by atoms with Gasteiger partial charge in [0, 0.05) is 23.1 Å². The first-order chi connectivity index (χ1) is 12.3. The molecular formula is C19H21BrClN3O2. The summed E-state index contributed by atoms with van der Waals surface area (Å²) in [6.45, 7) is 2.60. The van der Waals surface area contributed by atoms with Crippen LogP contribution in [0.15, 0.2) is 46.9 Å². The number of hydrogen-bond donors (Lipinski definition) is 2. The first-order valence-corrected chi connectivity index (χ1v) is 9.31. The number of anilines is 2. The van der Waals surface area contributed by atoms with Gasteiger partial charge in [-0.25, -0.2) is 0 Å². The Kier molecular flexibility index (Phi) is 7.63. The van der Waals surface area contributed by atoms with Gasteiger partial charge in [-0.15, -0.1) is 0 Å². The molecular weight excluding hydrogens is 418 g/mol. The third kappa shape index (κ3) is 6.44. The van der Waals surface area contributed by atoms with Gasteiger partial charge in [-0.2, -0.15) is 0 Å². The van der Waals surface area contributed by atoms with Gasteiger partial charge in [0.25, 0.3) is 0 Å². The summed E-state index contributed by atoms with van der Waals surface area (Å²) >= 11 is 9.42. The van der Waals surface area contributed by atoms with E-state index in [4.69, 9.17) is 11.6 Å². The zero-order valence-electron chi connectivity index (χ0n) is 14.7. The van der Waals surface area contributed by atoms with E-state index in [9.17, 15) is 9.59 Å². The van der Waals surface area contributed by atoms with Crippen LogP contribution in [0.2, 0.25) is 5.02 Å². The number of rotatable bonds is 7. The maximum atomic E-state index is 12.2. The lowest BCUT2D eigenvalue weighted by Gasteiger charge is -2.17. The molecule has 0 aliphatic carbocycles. The normalized spacial score (nSPS) is 10.7. The molecule has 0 fully saturated rings. The molecule has 2 N–H and O–H groups in total. The van der Waals surface area contributed by atoms with Crippen LogP contribution in [0.25, 0.3) is 0 Å². The van der Waals surface area contributed by atoms with E-state index in [1.54, 1.807) is 30.1 Å². The predicted molar refractivity (Wildman–Crippen MR) is 110 cm³/mol. The maximum Gasteiger partial charge on any atom is 0.238 e. The van der Waals surface area contributed by atoms with Gasteiger partial charge in [0.15, 0.2) is 0 Å². The molecule has 2 aromatic rings. The van der Waals surface area contributed by atoms with Crippen LogP contribution >= 0.6 is 27.5 Å². The van der Waals surface area contributed by atoms with Gasteiger partial charge in [-0.1, -0.05) is 39.7 Å². The second kappa shape index (κ2) is 9.71. The number of nitrogens with zero attached hydrogens (tertiary/aromatic N) is 1. The van der Waals surface area contributed by atoms with Crippen molar-refractivity contribution in [2.75, 3.05) is 30.8 Å². The lowest BCUT2D eigenvalue weighted by Crippen LogP contribution is -2.32. The van der Waals surface area contributed by atoms with E-state index in [1.165, 1.54) is 0 Å². The van der Waals surface area contributed by atoms with Crippen molar-refractivity contribution in [3.8, 4) is 0 Å². The molecule has 5 nitrogen and oxygen atoms in total. The van der Waals surface area contributed by atoms with E-state index < -0.39 is 0 Å². The van der Waals surface area contributed by atoms with Crippen LogP contribution in [0.5, 0.6) is 0 Å². The minimum Gasteiger partial charge on any atom is -0.325 e. The summed E-state index contributed by atoms with van der Waals surface area (Å²) in [4.78, 5) is 26.0. The number of benzene rings is 2. The van der Waals surface area contributed by atoms with E-state index in [1.807, 2.05) is 31.2 Å². The highest BCUT2D eigenvalue weighted by molar-refractivity contribution is 9.10. The summed E-state index contributed by atoms with van der Waals surface area (Å²) in [6, 6.07) is 12.8. The van der Waals surface area contributed by atoms with Gasteiger partial charge < -0.3 is 10.6 Å². The van der Waals surface area contributed by atoms with Crippen molar-refractivity contribution in [1.82, 2.24) is 4.90 Å². The summed E-state index contributed by atoms with van der Waals surface area (Å²) in [7, 11) is 1.80. The van der Waals surface area contributed by atoms with Crippen molar-refractivity contribution in [2.24, 2.45) is 0 Å². The Morgan fingerprint density at radius 2 is 1.77 bits per heavy atom. The first-order valence-electron chi connectivity index (χ1n) is 8.14. The van der Waals surface area contributed by atoms with Crippen LogP contribution in [-0.4, -0.2) is 36.9 Å². The molecule has 0 atom stereocenters.